The van der Waals surface area contributed by atoms with Crippen LogP contribution in [0.25, 0.3) is 0 Å². The maximum absolute atomic E-state index is 10.1. The molecular formula is C12H24O. The molecule has 0 heterocycles. The highest BCUT2D eigenvalue weighted by molar-refractivity contribution is 5.02. The van der Waals surface area contributed by atoms with Gasteiger partial charge in [0.25, 0.3) is 0 Å². The van der Waals surface area contributed by atoms with E-state index in [0.29, 0.717) is 11.3 Å². The fourth-order valence-electron chi connectivity index (χ4n) is 2.90. The predicted molar refractivity (Wildman–Crippen MR) is 56.6 cm³/mol. The lowest BCUT2D eigenvalue weighted by molar-refractivity contribution is -0.0479. The molecule has 1 saturated carbocycles. The summed E-state index contributed by atoms with van der Waals surface area (Å²) in [5.41, 5.74) is 0.0696. The molecule has 1 nitrogen and oxygen atoms in total. The van der Waals surface area contributed by atoms with Gasteiger partial charge in [-0.1, -0.05) is 27.7 Å². The van der Waals surface area contributed by atoms with Crippen molar-refractivity contribution >= 4 is 0 Å². The molecule has 1 heteroatoms. The van der Waals surface area contributed by atoms with Crippen molar-refractivity contribution in [2.75, 3.05) is 0 Å². The van der Waals surface area contributed by atoms with Crippen LogP contribution >= 0.6 is 0 Å². The lowest BCUT2D eigenvalue weighted by Crippen LogP contribution is -2.42. The molecule has 13 heavy (non-hydrogen) atoms. The second-order valence-electron chi connectivity index (χ2n) is 6.35. The highest BCUT2D eigenvalue weighted by Crippen LogP contribution is 2.58. The minimum absolute atomic E-state index is 0.241. The molecule has 0 spiro atoms. The van der Waals surface area contributed by atoms with E-state index >= 15 is 0 Å². The van der Waals surface area contributed by atoms with Crippen LogP contribution in [0.2, 0.25) is 0 Å². The smallest absolute Gasteiger partial charge is 0.0625 e. The van der Waals surface area contributed by atoms with E-state index in [1.54, 1.807) is 0 Å². The second kappa shape index (κ2) is 2.73. The van der Waals surface area contributed by atoms with Gasteiger partial charge in [-0.15, -0.1) is 0 Å². The first-order chi connectivity index (χ1) is 5.59. The van der Waals surface area contributed by atoms with Gasteiger partial charge in [-0.25, -0.2) is 0 Å². The molecule has 0 aromatic heterocycles. The Morgan fingerprint density at radius 2 is 1.62 bits per heavy atom. The van der Waals surface area contributed by atoms with E-state index in [4.69, 9.17) is 0 Å². The Hall–Kier alpha value is -0.0400. The Kier molecular flexibility index (Phi) is 2.31. The van der Waals surface area contributed by atoms with Gasteiger partial charge in [0.2, 0.25) is 0 Å². The van der Waals surface area contributed by atoms with Crippen molar-refractivity contribution in [3.8, 4) is 0 Å². The first kappa shape index (κ1) is 11.0. The number of hydrogen-bond donors (Lipinski definition) is 1. The number of rotatable bonds is 1. The Labute approximate surface area is 82.5 Å². The third kappa shape index (κ3) is 1.63. The zero-order valence-electron chi connectivity index (χ0n) is 9.94. The van der Waals surface area contributed by atoms with E-state index in [1.165, 1.54) is 6.42 Å². The average Bonchev–Trinajstić information content (AvgIpc) is 2.00. The molecular weight excluding hydrogens is 160 g/mol. The molecule has 0 aromatic carbocycles. The van der Waals surface area contributed by atoms with Gasteiger partial charge in [-0.3, -0.25) is 0 Å². The molecule has 1 rings (SSSR count). The summed E-state index contributed by atoms with van der Waals surface area (Å²) in [5, 5.41) is 10.1. The van der Waals surface area contributed by atoms with E-state index < -0.39 is 5.60 Å². The molecule has 1 aliphatic carbocycles. The van der Waals surface area contributed by atoms with E-state index in [-0.39, 0.29) is 5.41 Å². The second-order valence-corrected chi connectivity index (χ2v) is 6.35. The molecule has 0 aromatic rings. The predicted octanol–water partition coefficient (Wildman–Crippen LogP) is 3.22. The van der Waals surface area contributed by atoms with Gasteiger partial charge >= 0.3 is 0 Å². The Bertz CT molecular complexity index is 196. The average molecular weight is 184 g/mol. The van der Waals surface area contributed by atoms with Gasteiger partial charge < -0.3 is 5.11 Å². The summed E-state index contributed by atoms with van der Waals surface area (Å²) in [6, 6.07) is 0. The van der Waals surface area contributed by atoms with E-state index in [1.807, 2.05) is 13.8 Å². The monoisotopic (exact) mass is 184 g/mol. The minimum atomic E-state index is -0.530. The van der Waals surface area contributed by atoms with Crippen molar-refractivity contribution in [1.29, 1.82) is 0 Å². The van der Waals surface area contributed by atoms with E-state index in [9.17, 15) is 5.11 Å². The van der Waals surface area contributed by atoms with Gasteiger partial charge in [0.15, 0.2) is 0 Å². The quantitative estimate of drug-likeness (QED) is 0.663. The summed E-state index contributed by atoms with van der Waals surface area (Å²) >= 11 is 0. The fourth-order valence-corrected chi connectivity index (χ4v) is 2.90. The summed E-state index contributed by atoms with van der Waals surface area (Å²) in [7, 11) is 0. The Balaban J connectivity index is 2.95. The zero-order chi connectivity index (χ0) is 10.5. The van der Waals surface area contributed by atoms with Crippen molar-refractivity contribution in [2.45, 2.75) is 60.0 Å². The van der Waals surface area contributed by atoms with Crippen LogP contribution in [-0.4, -0.2) is 10.7 Å². The van der Waals surface area contributed by atoms with Crippen LogP contribution in [0, 0.1) is 16.7 Å². The Morgan fingerprint density at radius 3 is 1.77 bits per heavy atom. The molecule has 0 radical (unpaired) electrons. The van der Waals surface area contributed by atoms with Crippen molar-refractivity contribution in [3.63, 3.8) is 0 Å². The third-order valence-electron chi connectivity index (χ3n) is 4.53. The molecule has 0 aliphatic heterocycles. The first-order valence-corrected chi connectivity index (χ1v) is 5.31. The SMILES string of the molecule is CC(C)(O)[C@H]1CCC(C)(C)C1(C)C. The molecule has 1 atom stereocenters. The van der Waals surface area contributed by atoms with Crippen LogP contribution in [0.5, 0.6) is 0 Å². The van der Waals surface area contributed by atoms with E-state index in [0.717, 1.165) is 6.42 Å². The molecule has 1 fully saturated rings. The standard InChI is InChI=1S/C12H24O/c1-10(2)8-7-9(11(10,3)4)12(5,6)13/h9,13H,7-8H2,1-6H3/t9-/m0/s1. The van der Waals surface area contributed by atoms with Crippen LogP contribution in [0.1, 0.15) is 54.4 Å². The van der Waals surface area contributed by atoms with Gasteiger partial charge in [0.1, 0.15) is 0 Å². The highest BCUT2D eigenvalue weighted by Gasteiger charge is 2.52. The van der Waals surface area contributed by atoms with Gasteiger partial charge in [0, 0.05) is 0 Å². The van der Waals surface area contributed by atoms with Crippen LogP contribution in [-0.2, 0) is 0 Å². The van der Waals surface area contributed by atoms with Crippen molar-refractivity contribution in [1.82, 2.24) is 0 Å². The summed E-state index contributed by atoms with van der Waals surface area (Å²) in [5.74, 6) is 0.426. The molecule has 78 valence electrons. The summed E-state index contributed by atoms with van der Waals surface area (Å²) in [4.78, 5) is 0. The Morgan fingerprint density at radius 1 is 1.15 bits per heavy atom. The molecule has 0 unspecified atom stereocenters. The molecule has 0 saturated heterocycles. The van der Waals surface area contributed by atoms with Crippen molar-refractivity contribution in [3.05, 3.63) is 0 Å². The van der Waals surface area contributed by atoms with Gasteiger partial charge in [0.05, 0.1) is 5.60 Å². The van der Waals surface area contributed by atoms with Crippen LogP contribution in [0.3, 0.4) is 0 Å². The maximum atomic E-state index is 10.1. The number of aliphatic hydroxyl groups is 1. The lowest BCUT2D eigenvalue weighted by atomic mass is 9.63. The molecule has 0 bridgehead atoms. The van der Waals surface area contributed by atoms with Crippen molar-refractivity contribution in [2.24, 2.45) is 16.7 Å². The third-order valence-corrected chi connectivity index (χ3v) is 4.53. The largest absolute Gasteiger partial charge is 0.390 e. The topological polar surface area (TPSA) is 20.2 Å². The first-order valence-electron chi connectivity index (χ1n) is 5.31. The van der Waals surface area contributed by atoms with Crippen molar-refractivity contribution < 1.29 is 5.11 Å². The summed E-state index contributed by atoms with van der Waals surface area (Å²) in [6.07, 6.45) is 2.39. The fraction of sp³-hybridized carbons (Fsp3) is 1.00. The van der Waals surface area contributed by atoms with Gasteiger partial charge in [-0.2, -0.15) is 0 Å². The normalized spacial score (nSPS) is 32.1. The van der Waals surface area contributed by atoms with E-state index in [2.05, 4.69) is 27.7 Å². The lowest BCUT2D eigenvalue weighted by Gasteiger charge is -2.43. The highest BCUT2D eigenvalue weighted by atomic mass is 16.3. The zero-order valence-corrected chi connectivity index (χ0v) is 9.94. The van der Waals surface area contributed by atoms with Crippen LogP contribution in [0.15, 0.2) is 0 Å². The molecule has 0 amide bonds. The summed E-state index contributed by atoms with van der Waals surface area (Å²) < 4.78 is 0. The van der Waals surface area contributed by atoms with Gasteiger partial charge in [-0.05, 0) is 43.4 Å². The van der Waals surface area contributed by atoms with Crippen LogP contribution in [0.4, 0.5) is 0 Å². The molecule has 1 N–H and O–H groups in total. The number of hydrogen-bond acceptors (Lipinski definition) is 1. The summed E-state index contributed by atoms with van der Waals surface area (Å²) in [6.45, 7) is 13.1. The molecule has 1 aliphatic rings. The maximum Gasteiger partial charge on any atom is 0.0625 e. The minimum Gasteiger partial charge on any atom is -0.390 e. The van der Waals surface area contributed by atoms with Crippen LogP contribution < -0.4 is 0 Å².